The van der Waals surface area contributed by atoms with Crippen molar-refractivity contribution < 1.29 is 14.2 Å². The van der Waals surface area contributed by atoms with E-state index in [1.54, 1.807) is 12.1 Å². The van der Waals surface area contributed by atoms with Gasteiger partial charge in [0.15, 0.2) is 5.82 Å². The van der Waals surface area contributed by atoms with Crippen LogP contribution in [0.25, 0.3) is 32.8 Å². The van der Waals surface area contributed by atoms with Gasteiger partial charge in [-0.2, -0.15) is 15.2 Å². The molecule has 1 aliphatic carbocycles. The van der Waals surface area contributed by atoms with Crippen molar-refractivity contribution in [3.63, 3.8) is 0 Å². The van der Waals surface area contributed by atoms with Crippen LogP contribution in [0.2, 0.25) is 5.02 Å². The summed E-state index contributed by atoms with van der Waals surface area (Å²) in [7, 11) is 4.09. The van der Waals surface area contributed by atoms with Crippen LogP contribution in [-0.4, -0.2) is 71.9 Å². The molecule has 1 aromatic heterocycles. The van der Waals surface area contributed by atoms with E-state index in [4.69, 9.17) is 21.3 Å². The van der Waals surface area contributed by atoms with Gasteiger partial charge < -0.3 is 25.0 Å². The molecule has 2 bridgehead atoms. The van der Waals surface area contributed by atoms with E-state index >= 15 is 4.39 Å². The van der Waals surface area contributed by atoms with Gasteiger partial charge >= 0.3 is 6.01 Å². The Hall–Kier alpha value is -3.71. The molecule has 1 saturated carbocycles. The number of benzene rings is 3. The molecule has 3 aromatic carbocycles. The number of phenols is 1. The highest BCUT2D eigenvalue weighted by atomic mass is 35.5. The number of piperazine rings is 1. The van der Waals surface area contributed by atoms with E-state index in [-0.39, 0.29) is 44.9 Å². The maximum absolute atomic E-state index is 16.8. The summed E-state index contributed by atoms with van der Waals surface area (Å²) in [6.07, 6.45) is 3.41. The summed E-state index contributed by atoms with van der Waals surface area (Å²) in [6, 6.07) is 15.0. The van der Waals surface area contributed by atoms with Crippen molar-refractivity contribution in [2.45, 2.75) is 37.3 Å². The molecule has 0 amide bonds. The molecule has 0 spiro atoms. The van der Waals surface area contributed by atoms with E-state index in [1.807, 2.05) is 38.4 Å². The van der Waals surface area contributed by atoms with Crippen molar-refractivity contribution in [3.8, 4) is 29.0 Å². The summed E-state index contributed by atoms with van der Waals surface area (Å²) >= 11 is 6.85. The lowest BCUT2D eigenvalue weighted by atomic mass is 9.75. The molecular formula is C32H32ClFN6O2. The zero-order valence-electron chi connectivity index (χ0n) is 23.6. The van der Waals surface area contributed by atoms with Crippen molar-refractivity contribution in [1.29, 1.82) is 5.26 Å². The van der Waals surface area contributed by atoms with Gasteiger partial charge in [0.2, 0.25) is 0 Å². The molecule has 3 saturated heterocycles. The Bertz CT molecular complexity index is 1760. The van der Waals surface area contributed by atoms with E-state index in [1.165, 1.54) is 6.07 Å². The predicted octanol–water partition coefficient (Wildman–Crippen LogP) is 5.50. The second-order valence-electron chi connectivity index (χ2n) is 12.6. The van der Waals surface area contributed by atoms with E-state index in [0.717, 1.165) is 36.6 Å². The average Bonchev–Trinajstić information content (AvgIpc) is 3.70. The number of halogens is 2. The summed E-state index contributed by atoms with van der Waals surface area (Å²) in [5, 5.41) is 25.7. The fourth-order valence-corrected chi connectivity index (χ4v) is 7.21. The Morgan fingerprint density at radius 3 is 2.74 bits per heavy atom. The number of ether oxygens (including phenoxy) is 1. The molecule has 4 aliphatic rings. The molecule has 10 heteroatoms. The summed E-state index contributed by atoms with van der Waals surface area (Å²) in [4.78, 5) is 13.7. The molecule has 4 fully saturated rings. The third-order valence-corrected chi connectivity index (χ3v) is 9.17. The lowest BCUT2D eigenvalue weighted by molar-refractivity contribution is 0.112. The molecule has 0 radical (unpaired) electrons. The molecule has 8 rings (SSSR count). The van der Waals surface area contributed by atoms with Gasteiger partial charge in [-0.25, -0.2) is 4.39 Å². The molecule has 2 N–H and O–H groups in total. The number of aromatic nitrogens is 2. The molecule has 42 heavy (non-hydrogen) atoms. The zero-order chi connectivity index (χ0) is 29.2. The molecule has 8 nitrogen and oxygen atoms in total. The summed E-state index contributed by atoms with van der Waals surface area (Å²) in [5.41, 5.74) is 0.488. The number of nitrogens with zero attached hydrogens (tertiary/aromatic N) is 5. The van der Waals surface area contributed by atoms with Gasteiger partial charge in [0, 0.05) is 42.0 Å². The summed E-state index contributed by atoms with van der Waals surface area (Å²) in [5.74, 6) is -0.0255. The maximum atomic E-state index is 16.8. The van der Waals surface area contributed by atoms with Crippen molar-refractivity contribution in [2.75, 3.05) is 45.2 Å². The normalized spacial score (nSPS) is 22.3. The number of phenolic OH excluding ortho intramolecular Hbond substituents is 1. The van der Waals surface area contributed by atoms with Gasteiger partial charge in [-0.05, 0) is 67.9 Å². The van der Waals surface area contributed by atoms with E-state index in [2.05, 4.69) is 26.2 Å². The lowest BCUT2D eigenvalue weighted by Gasteiger charge is -2.57. The first-order valence-electron chi connectivity index (χ1n) is 14.3. The maximum Gasteiger partial charge on any atom is 0.319 e. The minimum atomic E-state index is -0.594. The second kappa shape index (κ2) is 9.94. The first-order valence-corrected chi connectivity index (χ1v) is 14.7. The smallest absolute Gasteiger partial charge is 0.319 e. The highest BCUT2D eigenvalue weighted by Gasteiger charge is 2.50. The number of nitriles is 1. The third-order valence-electron chi connectivity index (χ3n) is 8.87. The van der Waals surface area contributed by atoms with Crippen LogP contribution in [0.15, 0.2) is 42.5 Å². The van der Waals surface area contributed by atoms with Gasteiger partial charge in [-0.1, -0.05) is 35.9 Å². The summed E-state index contributed by atoms with van der Waals surface area (Å²) in [6.45, 7) is 2.56. The second-order valence-corrected chi connectivity index (χ2v) is 13.0. The van der Waals surface area contributed by atoms with Crippen LogP contribution in [0.1, 0.15) is 25.7 Å². The fraction of sp³-hybridized carbons (Fsp3) is 0.406. The van der Waals surface area contributed by atoms with Crippen LogP contribution in [0, 0.1) is 22.6 Å². The number of hydrogen-bond acceptors (Lipinski definition) is 8. The van der Waals surface area contributed by atoms with Crippen LogP contribution < -0.4 is 15.0 Å². The zero-order valence-corrected chi connectivity index (χ0v) is 24.4. The van der Waals surface area contributed by atoms with Gasteiger partial charge in [0.25, 0.3) is 0 Å². The molecule has 2 atom stereocenters. The quantitative estimate of drug-likeness (QED) is 0.279. The van der Waals surface area contributed by atoms with Gasteiger partial charge in [0.05, 0.1) is 29.7 Å². The number of hydrogen-bond donors (Lipinski definition) is 2. The highest BCUT2D eigenvalue weighted by Crippen LogP contribution is 2.47. The van der Waals surface area contributed by atoms with Crippen LogP contribution in [0.3, 0.4) is 0 Å². The lowest BCUT2D eigenvalue weighted by Crippen LogP contribution is -2.75. The molecule has 4 aromatic rings. The fourth-order valence-electron chi connectivity index (χ4n) is 6.92. The van der Waals surface area contributed by atoms with Gasteiger partial charge in [0.1, 0.15) is 17.1 Å². The Balaban J connectivity index is 1.37. The molecule has 3 aliphatic heterocycles. The van der Waals surface area contributed by atoms with Crippen LogP contribution in [0.5, 0.6) is 11.8 Å². The number of nitrogens with one attached hydrogen (secondary N) is 1. The molecule has 216 valence electrons. The van der Waals surface area contributed by atoms with Crippen molar-refractivity contribution in [2.24, 2.45) is 5.41 Å². The Morgan fingerprint density at radius 2 is 2.00 bits per heavy atom. The minimum absolute atomic E-state index is 0.0186. The van der Waals surface area contributed by atoms with E-state index in [0.29, 0.717) is 42.9 Å². The molecular weight excluding hydrogens is 555 g/mol. The summed E-state index contributed by atoms with van der Waals surface area (Å²) < 4.78 is 23.0. The minimum Gasteiger partial charge on any atom is -0.508 e. The largest absolute Gasteiger partial charge is 0.508 e. The van der Waals surface area contributed by atoms with E-state index in [9.17, 15) is 10.4 Å². The standard InChI is InChI=1S/C32H32ClFN6O2/c1-39(2)16-31(7-8-31)18-42-30-36-28-24(29(37-30)40-15-20-14-32(17-40,38-20)9-10-35)13-25(33)26(27(28)34)23-12-21(41)11-19-5-3-4-6-22(19)23/h3-6,11-13,20,38,41H,7-9,14-18H2,1-2H3. The van der Waals surface area contributed by atoms with Gasteiger partial charge in [-0.3, -0.25) is 0 Å². The predicted molar refractivity (Wildman–Crippen MR) is 162 cm³/mol. The first-order chi connectivity index (χ1) is 20.2. The number of aromatic hydroxyl groups is 1. The number of fused-ring (bicyclic) bond motifs is 4. The number of piperidine rings is 1. The topological polar surface area (TPSA) is 97.5 Å². The van der Waals surface area contributed by atoms with Gasteiger partial charge in [-0.15, -0.1) is 0 Å². The number of anilines is 1. The van der Waals surface area contributed by atoms with Crippen molar-refractivity contribution in [3.05, 3.63) is 53.3 Å². The average molecular weight is 587 g/mol. The highest BCUT2D eigenvalue weighted by molar-refractivity contribution is 6.35. The Kier molecular flexibility index (Phi) is 6.42. The first kappa shape index (κ1) is 27.1. The third kappa shape index (κ3) is 4.68. The molecule has 2 unspecified atom stereocenters. The van der Waals surface area contributed by atoms with Crippen molar-refractivity contribution >= 4 is 39.1 Å². The van der Waals surface area contributed by atoms with Crippen molar-refractivity contribution in [1.82, 2.24) is 20.2 Å². The van der Waals surface area contributed by atoms with Crippen LogP contribution in [0.4, 0.5) is 10.2 Å². The Labute approximate surface area is 248 Å². The molecule has 4 heterocycles. The Morgan fingerprint density at radius 1 is 1.21 bits per heavy atom. The number of rotatable bonds is 8. The van der Waals surface area contributed by atoms with E-state index < -0.39 is 5.82 Å². The SMILES string of the molecule is CN(C)CC1(COc2nc(N3CC4CC(CC#N)(C3)N4)c3cc(Cl)c(-c4cc(O)cc5ccccc45)c(F)c3n2)CC1. The van der Waals surface area contributed by atoms with Crippen LogP contribution >= 0.6 is 11.6 Å². The van der Waals surface area contributed by atoms with Crippen LogP contribution in [-0.2, 0) is 0 Å². The monoisotopic (exact) mass is 586 g/mol.